The molecule has 0 radical (unpaired) electrons. The molecule has 0 spiro atoms. The standard InChI is InChI=1S/C20H23NO2/c1-15-9-11-16(12-10-15)18-7-5-13-21(18)20(22)14-17-6-3-4-8-19(17)23-2/h3-4,6,8-12,18H,5,7,13-14H2,1-2H3/t18-/m0/s1. The van der Waals surface area contributed by atoms with E-state index in [1.54, 1.807) is 7.11 Å². The second-order valence-electron chi connectivity index (χ2n) is 6.14. The minimum absolute atomic E-state index is 0.178. The first-order chi connectivity index (χ1) is 11.2. The lowest BCUT2D eigenvalue weighted by Crippen LogP contribution is -2.31. The van der Waals surface area contributed by atoms with E-state index in [0.29, 0.717) is 6.42 Å². The third kappa shape index (κ3) is 3.39. The maximum atomic E-state index is 12.8. The number of hydrogen-bond donors (Lipinski definition) is 0. The predicted octanol–water partition coefficient (Wildman–Crippen LogP) is 3.91. The van der Waals surface area contributed by atoms with E-state index in [-0.39, 0.29) is 11.9 Å². The quantitative estimate of drug-likeness (QED) is 0.857. The van der Waals surface area contributed by atoms with Crippen LogP contribution in [0.3, 0.4) is 0 Å². The lowest BCUT2D eigenvalue weighted by molar-refractivity contribution is -0.131. The maximum absolute atomic E-state index is 12.8. The minimum Gasteiger partial charge on any atom is -0.496 e. The van der Waals surface area contributed by atoms with Crippen LogP contribution in [0.15, 0.2) is 48.5 Å². The summed E-state index contributed by atoms with van der Waals surface area (Å²) in [6, 6.07) is 16.5. The molecule has 1 fully saturated rings. The molecule has 0 unspecified atom stereocenters. The van der Waals surface area contributed by atoms with Crippen LogP contribution in [0.5, 0.6) is 5.75 Å². The van der Waals surface area contributed by atoms with Gasteiger partial charge in [0, 0.05) is 12.1 Å². The first kappa shape index (κ1) is 15.6. The number of carbonyl (C=O) groups is 1. The summed E-state index contributed by atoms with van der Waals surface area (Å²) in [5.41, 5.74) is 3.44. The molecule has 0 bridgehead atoms. The number of nitrogens with zero attached hydrogens (tertiary/aromatic N) is 1. The third-order valence-corrected chi connectivity index (χ3v) is 4.57. The number of rotatable bonds is 4. The molecule has 0 aromatic heterocycles. The molecule has 1 aliphatic heterocycles. The summed E-state index contributed by atoms with van der Waals surface area (Å²) >= 11 is 0. The van der Waals surface area contributed by atoms with E-state index in [4.69, 9.17) is 4.74 Å². The number of likely N-dealkylation sites (tertiary alicyclic amines) is 1. The Bertz CT molecular complexity index is 678. The summed E-state index contributed by atoms with van der Waals surface area (Å²) in [5.74, 6) is 0.963. The van der Waals surface area contributed by atoms with Gasteiger partial charge >= 0.3 is 0 Å². The molecule has 0 saturated carbocycles. The molecule has 0 aliphatic carbocycles. The van der Waals surface area contributed by atoms with Crippen molar-refractivity contribution in [3.05, 3.63) is 65.2 Å². The Hall–Kier alpha value is -2.29. The van der Waals surface area contributed by atoms with Gasteiger partial charge < -0.3 is 9.64 Å². The van der Waals surface area contributed by atoms with Crippen molar-refractivity contribution >= 4 is 5.91 Å². The van der Waals surface area contributed by atoms with Gasteiger partial charge in [0.1, 0.15) is 5.75 Å². The number of aryl methyl sites for hydroxylation is 1. The predicted molar refractivity (Wildman–Crippen MR) is 91.6 cm³/mol. The topological polar surface area (TPSA) is 29.5 Å². The van der Waals surface area contributed by atoms with Crippen LogP contribution >= 0.6 is 0 Å². The summed E-state index contributed by atoms with van der Waals surface area (Å²) in [4.78, 5) is 14.8. The number of hydrogen-bond acceptors (Lipinski definition) is 2. The van der Waals surface area contributed by atoms with Crippen LogP contribution < -0.4 is 4.74 Å². The fourth-order valence-electron chi connectivity index (χ4n) is 3.31. The average molecular weight is 309 g/mol. The molecule has 23 heavy (non-hydrogen) atoms. The smallest absolute Gasteiger partial charge is 0.227 e. The van der Waals surface area contributed by atoms with E-state index in [0.717, 1.165) is 30.7 Å². The van der Waals surface area contributed by atoms with Gasteiger partial charge in [-0.15, -0.1) is 0 Å². The summed E-state index contributed by atoms with van der Waals surface area (Å²) < 4.78 is 5.36. The molecule has 3 nitrogen and oxygen atoms in total. The Balaban J connectivity index is 1.77. The van der Waals surface area contributed by atoms with Crippen molar-refractivity contribution in [1.29, 1.82) is 0 Å². The molecular formula is C20H23NO2. The number of carbonyl (C=O) groups excluding carboxylic acids is 1. The monoisotopic (exact) mass is 309 g/mol. The van der Waals surface area contributed by atoms with Gasteiger partial charge in [0.05, 0.1) is 19.6 Å². The Labute approximate surface area is 137 Å². The fourth-order valence-corrected chi connectivity index (χ4v) is 3.31. The number of ether oxygens (including phenoxy) is 1. The van der Waals surface area contributed by atoms with E-state index < -0.39 is 0 Å². The van der Waals surface area contributed by atoms with Gasteiger partial charge in [-0.25, -0.2) is 0 Å². The van der Waals surface area contributed by atoms with E-state index in [1.165, 1.54) is 11.1 Å². The molecule has 1 saturated heterocycles. The highest BCUT2D eigenvalue weighted by atomic mass is 16.5. The molecule has 2 aromatic carbocycles. The van der Waals surface area contributed by atoms with E-state index in [9.17, 15) is 4.79 Å². The van der Waals surface area contributed by atoms with Gasteiger partial charge in [-0.3, -0.25) is 4.79 Å². The summed E-state index contributed by atoms with van der Waals surface area (Å²) in [5, 5.41) is 0. The first-order valence-electron chi connectivity index (χ1n) is 8.17. The lowest BCUT2D eigenvalue weighted by atomic mass is 10.0. The van der Waals surface area contributed by atoms with Crippen LogP contribution in [0.2, 0.25) is 0 Å². The Kier molecular flexibility index (Phi) is 4.65. The van der Waals surface area contributed by atoms with Gasteiger partial charge in [-0.1, -0.05) is 48.0 Å². The van der Waals surface area contributed by atoms with Crippen molar-refractivity contribution in [2.75, 3.05) is 13.7 Å². The molecular weight excluding hydrogens is 286 g/mol. The normalized spacial score (nSPS) is 17.3. The molecule has 1 heterocycles. The van der Waals surface area contributed by atoms with E-state index >= 15 is 0 Å². The van der Waals surface area contributed by atoms with Crippen molar-refractivity contribution in [3.8, 4) is 5.75 Å². The van der Waals surface area contributed by atoms with Gasteiger partial charge in [-0.05, 0) is 31.4 Å². The van der Waals surface area contributed by atoms with Gasteiger partial charge in [0.15, 0.2) is 0 Å². The van der Waals surface area contributed by atoms with Gasteiger partial charge in [0.25, 0.3) is 0 Å². The van der Waals surface area contributed by atoms with Crippen LogP contribution in [-0.2, 0) is 11.2 Å². The van der Waals surface area contributed by atoms with Crippen molar-refractivity contribution in [2.24, 2.45) is 0 Å². The molecule has 3 heteroatoms. The largest absolute Gasteiger partial charge is 0.496 e. The van der Waals surface area contributed by atoms with Crippen LogP contribution in [0.1, 0.15) is 35.6 Å². The van der Waals surface area contributed by atoms with E-state index in [2.05, 4.69) is 31.2 Å². The third-order valence-electron chi connectivity index (χ3n) is 4.57. The van der Waals surface area contributed by atoms with E-state index in [1.807, 2.05) is 29.2 Å². The van der Waals surface area contributed by atoms with Gasteiger partial charge in [0.2, 0.25) is 5.91 Å². The van der Waals surface area contributed by atoms with Crippen molar-refractivity contribution in [3.63, 3.8) is 0 Å². The molecule has 1 atom stereocenters. The molecule has 2 aromatic rings. The van der Waals surface area contributed by atoms with Crippen LogP contribution in [-0.4, -0.2) is 24.5 Å². The SMILES string of the molecule is COc1ccccc1CC(=O)N1CCC[C@H]1c1ccc(C)cc1. The van der Waals surface area contributed by atoms with Crippen molar-refractivity contribution in [1.82, 2.24) is 4.90 Å². The zero-order valence-corrected chi connectivity index (χ0v) is 13.8. The molecule has 1 aliphatic rings. The summed E-state index contributed by atoms with van der Waals surface area (Å²) in [7, 11) is 1.65. The Morgan fingerprint density at radius 2 is 1.91 bits per heavy atom. The first-order valence-corrected chi connectivity index (χ1v) is 8.17. The van der Waals surface area contributed by atoms with Crippen LogP contribution in [0.4, 0.5) is 0 Å². The maximum Gasteiger partial charge on any atom is 0.227 e. The number of benzene rings is 2. The zero-order chi connectivity index (χ0) is 16.2. The van der Waals surface area contributed by atoms with Crippen LogP contribution in [0.25, 0.3) is 0 Å². The summed E-state index contributed by atoms with van der Waals surface area (Å²) in [6.45, 7) is 2.93. The second-order valence-corrected chi connectivity index (χ2v) is 6.14. The average Bonchev–Trinajstić information content (AvgIpc) is 3.06. The van der Waals surface area contributed by atoms with Crippen molar-refractivity contribution in [2.45, 2.75) is 32.2 Å². The number of para-hydroxylation sites is 1. The number of amides is 1. The fraction of sp³-hybridized carbons (Fsp3) is 0.350. The second kappa shape index (κ2) is 6.86. The molecule has 1 amide bonds. The molecule has 120 valence electrons. The minimum atomic E-state index is 0.178. The summed E-state index contributed by atoms with van der Waals surface area (Å²) in [6.07, 6.45) is 2.50. The molecule has 0 N–H and O–H groups in total. The highest BCUT2D eigenvalue weighted by Gasteiger charge is 2.30. The van der Waals surface area contributed by atoms with Crippen molar-refractivity contribution < 1.29 is 9.53 Å². The zero-order valence-electron chi connectivity index (χ0n) is 13.8. The Morgan fingerprint density at radius 1 is 1.17 bits per heavy atom. The lowest BCUT2D eigenvalue weighted by Gasteiger charge is -2.25. The number of methoxy groups -OCH3 is 1. The van der Waals surface area contributed by atoms with Crippen LogP contribution in [0, 0.1) is 6.92 Å². The highest BCUT2D eigenvalue weighted by Crippen LogP contribution is 2.33. The Morgan fingerprint density at radius 3 is 2.65 bits per heavy atom. The highest BCUT2D eigenvalue weighted by molar-refractivity contribution is 5.80. The molecule has 3 rings (SSSR count). The van der Waals surface area contributed by atoms with Gasteiger partial charge in [-0.2, -0.15) is 0 Å².